The van der Waals surface area contributed by atoms with E-state index in [2.05, 4.69) is 15.0 Å². The number of alkyl halides is 3. The first-order valence-corrected chi connectivity index (χ1v) is 9.12. The van der Waals surface area contributed by atoms with Crippen molar-refractivity contribution in [1.29, 1.82) is 5.26 Å². The Morgan fingerprint density at radius 1 is 0.806 bits per heavy atom. The Balaban J connectivity index is 1.69. The molecule has 150 valence electrons. The van der Waals surface area contributed by atoms with E-state index in [1.165, 1.54) is 6.07 Å². The van der Waals surface area contributed by atoms with Gasteiger partial charge in [-0.2, -0.15) is 23.4 Å². The van der Waals surface area contributed by atoms with Gasteiger partial charge in [0.05, 0.1) is 22.3 Å². The van der Waals surface area contributed by atoms with Crippen LogP contribution >= 0.6 is 0 Å². The van der Waals surface area contributed by atoms with Crippen LogP contribution in [0.2, 0.25) is 0 Å². The van der Waals surface area contributed by atoms with Gasteiger partial charge in [-0.3, -0.25) is 0 Å². The second-order valence-corrected chi connectivity index (χ2v) is 6.92. The van der Waals surface area contributed by atoms with Gasteiger partial charge in [-0.15, -0.1) is 0 Å². The molecule has 4 aromatic rings. The van der Waals surface area contributed by atoms with Gasteiger partial charge in [0.15, 0.2) is 0 Å². The number of halogens is 4. The number of nitriles is 1. The molecule has 0 atom stereocenters. The van der Waals surface area contributed by atoms with Crippen LogP contribution in [0.5, 0.6) is 0 Å². The van der Waals surface area contributed by atoms with Crippen molar-refractivity contribution in [3.05, 3.63) is 83.3 Å². The molecule has 5 rings (SSSR count). The van der Waals surface area contributed by atoms with Crippen LogP contribution in [0, 0.1) is 17.3 Å². The molecule has 0 unspecified atom stereocenters. The van der Waals surface area contributed by atoms with Crippen LogP contribution in [0.4, 0.5) is 17.6 Å². The molecule has 0 saturated carbocycles. The lowest BCUT2D eigenvalue weighted by Crippen LogP contribution is -2.08. The van der Waals surface area contributed by atoms with Crippen LogP contribution in [0.25, 0.3) is 33.4 Å². The molecule has 1 aliphatic rings. The van der Waals surface area contributed by atoms with Crippen molar-refractivity contribution in [3.8, 4) is 28.6 Å². The van der Waals surface area contributed by atoms with Crippen molar-refractivity contribution in [1.82, 2.24) is 9.97 Å². The summed E-state index contributed by atoms with van der Waals surface area (Å²) in [4.78, 5) is 13.1. The molecule has 0 N–H and O–H groups in total. The highest BCUT2D eigenvalue weighted by atomic mass is 19.4. The maximum Gasteiger partial charge on any atom is 0.419 e. The van der Waals surface area contributed by atoms with Gasteiger partial charge in [0.1, 0.15) is 17.2 Å². The summed E-state index contributed by atoms with van der Waals surface area (Å²) in [5, 5.41) is 9.06. The minimum Gasteiger partial charge on any atom is -0.244 e. The number of fused-ring (bicyclic) bond motifs is 4. The van der Waals surface area contributed by atoms with Crippen LogP contribution in [0.3, 0.4) is 0 Å². The van der Waals surface area contributed by atoms with Gasteiger partial charge in [-0.25, -0.2) is 14.4 Å². The topological polar surface area (TPSA) is 61.9 Å². The molecule has 3 aromatic carbocycles. The summed E-state index contributed by atoms with van der Waals surface area (Å²) < 4.78 is 52.9. The Bertz CT molecular complexity index is 1450. The molecular formula is C23H10F4N4. The van der Waals surface area contributed by atoms with Gasteiger partial charge in [-0.05, 0) is 35.4 Å². The number of rotatable bonds is 1. The minimum atomic E-state index is -4.79. The second kappa shape index (κ2) is 6.71. The van der Waals surface area contributed by atoms with Crippen LogP contribution in [-0.4, -0.2) is 15.7 Å². The smallest absolute Gasteiger partial charge is 0.244 e. The zero-order valence-corrected chi connectivity index (χ0v) is 15.6. The predicted octanol–water partition coefficient (Wildman–Crippen LogP) is 5.75. The number of hydrogen-bond acceptors (Lipinski definition) is 4. The summed E-state index contributed by atoms with van der Waals surface area (Å²) in [7, 11) is 0. The van der Waals surface area contributed by atoms with Crippen LogP contribution in [0.15, 0.2) is 65.7 Å². The maximum absolute atomic E-state index is 13.6. The highest BCUT2D eigenvalue weighted by Crippen LogP contribution is 2.37. The number of aliphatic imine (C=N–C) groups is 1. The van der Waals surface area contributed by atoms with Gasteiger partial charge in [-0.1, -0.05) is 36.4 Å². The Labute approximate surface area is 173 Å². The zero-order chi connectivity index (χ0) is 21.8. The van der Waals surface area contributed by atoms with Crippen LogP contribution in [0.1, 0.15) is 16.8 Å². The van der Waals surface area contributed by atoms with Gasteiger partial charge >= 0.3 is 6.18 Å². The monoisotopic (exact) mass is 418 g/mol. The first-order valence-electron chi connectivity index (χ1n) is 9.12. The van der Waals surface area contributed by atoms with E-state index in [0.717, 1.165) is 23.3 Å². The lowest BCUT2D eigenvalue weighted by molar-refractivity contribution is -0.139. The van der Waals surface area contributed by atoms with E-state index in [9.17, 15) is 17.6 Å². The summed E-state index contributed by atoms with van der Waals surface area (Å²) in [6.07, 6.45) is -3.00. The fraction of sp³-hybridized carbons (Fsp3) is 0.0435. The molecule has 1 heterocycles. The number of hydrogen-bond donors (Lipinski definition) is 0. The number of nitrogens with zero attached hydrogens (tertiary/aromatic N) is 4. The second-order valence-electron chi connectivity index (χ2n) is 6.92. The molecule has 4 nitrogen and oxygen atoms in total. The largest absolute Gasteiger partial charge is 0.419 e. The van der Waals surface area contributed by atoms with Crippen molar-refractivity contribution in [2.24, 2.45) is 4.99 Å². The molecular weight excluding hydrogens is 408 g/mol. The van der Waals surface area contributed by atoms with Crippen molar-refractivity contribution in [2.75, 3.05) is 0 Å². The summed E-state index contributed by atoms with van der Waals surface area (Å²) in [5.41, 5.74) is 3.26. The number of aromatic nitrogens is 2. The summed E-state index contributed by atoms with van der Waals surface area (Å²) in [5.74, 6) is -1.32. The van der Waals surface area contributed by atoms with Gasteiger partial charge in [0.25, 0.3) is 0 Å². The van der Waals surface area contributed by atoms with E-state index in [1.54, 1.807) is 24.4 Å². The summed E-state index contributed by atoms with van der Waals surface area (Å²) in [6, 6.07) is 15.0. The van der Waals surface area contributed by atoms with Crippen molar-refractivity contribution in [2.45, 2.75) is 6.18 Å². The maximum atomic E-state index is 13.6. The lowest BCUT2D eigenvalue weighted by Gasteiger charge is -2.11. The predicted molar refractivity (Wildman–Crippen MR) is 107 cm³/mol. The molecule has 0 spiro atoms. The summed E-state index contributed by atoms with van der Waals surface area (Å²) >= 11 is 0. The molecule has 8 heteroatoms. The van der Waals surface area contributed by atoms with E-state index in [-0.39, 0.29) is 5.56 Å². The van der Waals surface area contributed by atoms with E-state index in [0.29, 0.717) is 33.7 Å². The van der Waals surface area contributed by atoms with E-state index in [1.807, 2.05) is 24.3 Å². The molecule has 0 radical (unpaired) electrons. The molecule has 1 aromatic heterocycles. The van der Waals surface area contributed by atoms with Gasteiger partial charge < -0.3 is 0 Å². The molecule has 0 fully saturated rings. The molecule has 0 bridgehead atoms. The SMILES string of the molecule is N#CN=C1c2ccccc2-c2nc3cc(-c4ccc(F)c(C(F)(F)F)c4)ccc3nc21. The fourth-order valence-electron chi connectivity index (χ4n) is 3.70. The van der Waals surface area contributed by atoms with Crippen molar-refractivity contribution in [3.63, 3.8) is 0 Å². The average Bonchev–Trinajstić information content (AvgIpc) is 3.05. The molecule has 0 aliphatic heterocycles. The highest BCUT2D eigenvalue weighted by Gasteiger charge is 2.34. The highest BCUT2D eigenvalue weighted by molar-refractivity contribution is 6.23. The van der Waals surface area contributed by atoms with Gasteiger partial charge in [0.2, 0.25) is 6.19 Å². The standard InChI is InChI=1S/C23H10F4N4/c24-17-7-5-12(9-16(17)23(25,26)27)13-6-8-18-19(10-13)31-21-15-4-2-1-3-14(15)20(29-11-28)22(21)30-18/h1-10H. The minimum absolute atomic E-state index is 0.213. The molecule has 0 amide bonds. The first kappa shape index (κ1) is 18.9. The number of benzene rings is 3. The van der Waals surface area contributed by atoms with Crippen molar-refractivity contribution >= 4 is 16.7 Å². The quantitative estimate of drug-likeness (QED) is 0.257. The molecule has 31 heavy (non-hydrogen) atoms. The third-order valence-electron chi connectivity index (χ3n) is 5.09. The van der Waals surface area contributed by atoms with Crippen LogP contribution in [-0.2, 0) is 6.18 Å². The molecule has 1 aliphatic carbocycles. The van der Waals surface area contributed by atoms with Crippen LogP contribution < -0.4 is 0 Å². The first-order chi connectivity index (χ1) is 14.9. The zero-order valence-electron chi connectivity index (χ0n) is 15.6. The van der Waals surface area contributed by atoms with E-state index in [4.69, 9.17) is 5.26 Å². The average molecular weight is 418 g/mol. The lowest BCUT2D eigenvalue weighted by atomic mass is 10.0. The normalized spacial score (nSPS) is 13.8. The fourth-order valence-corrected chi connectivity index (χ4v) is 3.70. The third-order valence-corrected chi connectivity index (χ3v) is 5.09. The Hall–Kier alpha value is -4.12. The Morgan fingerprint density at radius 3 is 2.23 bits per heavy atom. The Morgan fingerprint density at radius 2 is 1.48 bits per heavy atom. The van der Waals surface area contributed by atoms with Gasteiger partial charge in [0, 0.05) is 11.1 Å². The van der Waals surface area contributed by atoms with Crippen molar-refractivity contribution < 1.29 is 17.6 Å². The van der Waals surface area contributed by atoms with E-state index >= 15 is 0 Å². The Kier molecular flexibility index (Phi) is 4.08. The molecule has 0 saturated heterocycles. The third kappa shape index (κ3) is 3.02. The van der Waals surface area contributed by atoms with E-state index < -0.39 is 17.6 Å². The summed E-state index contributed by atoms with van der Waals surface area (Å²) in [6.45, 7) is 0.